The lowest BCUT2D eigenvalue weighted by Crippen LogP contribution is -2.34. The number of nitrogens with one attached hydrogen (secondary N) is 2. The fraction of sp³-hybridized carbons (Fsp3) is 0.0833. The smallest absolute Gasteiger partial charge is 0.346 e. The first-order valence-electron chi connectivity index (χ1n) is 9.66. The first-order chi connectivity index (χ1) is 15.4. The average molecular weight is 433 g/mol. The van der Waals surface area contributed by atoms with Crippen molar-refractivity contribution in [3.63, 3.8) is 0 Å². The zero-order valence-electron chi connectivity index (χ0n) is 17.2. The number of rotatable bonds is 7. The van der Waals surface area contributed by atoms with Crippen molar-refractivity contribution in [3.05, 3.63) is 101 Å². The van der Waals surface area contributed by atoms with Crippen molar-refractivity contribution in [2.75, 3.05) is 6.54 Å². The van der Waals surface area contributed by atoms with Crippen LogP contribution in [0.5, 0.6) is 5.75 Å². The van der Waals surface area contributed by atoms with Gasteiger partial charge in [-0.15, -0.1) is 0 Å². The van der Waals surface area contributed by atoms with Gasteiger partial charge in [0.05, 0.1) is 18.3 Å². The van der Waals surface area contributed by atoms with Crippen molar-refractivity contribution >= 4 is 24.0 Å². The van der Waals surface area contributed by atoms with E-state index in [9.17, 15) is 18.8 Å². The molecule has 2 N–H and O–H groups in total. The normalized spacial score (nSPS) is 10.6. The molecule has 162 valence electrons. The number of ether oxygens (including phenoxy) is 1. The number of amides is 2. The van der Waals surface area contributed by atoms with E-state index in [4.69, 9.17) is 4.74 Å². The number of halogens is 1. The molecule has 0 aromatic heterocycles. The Morgan fingerprint density at radius 1 is 0.969 bits per heavy atom. The number of hydrogen-bond donors (Lipinski definition) is 2. The minimum absolute atomic E-state index is 0.157. The molecule has 2 amide bonds. The summed E-state index contributed by atoms with van der Waals surface area (Å²) in [5.41, 5.74) is 4.27. The standard InChI is InChI=1S/C24H20FN3O4/c1-16-6-10-18(11-7-16)23(30)26-15-22(29)28-27-14-17-8-12-19(13-9-17)32-24(31)20-4-2-3-5-21(20)25/h2-14H,15H2,1H3,(H,26,30)(H,28,29)/b27-14+. The van der Waals surface area contributed by atoms with E-state index >= 15 is 0 Å². The number of hydrazone groups is 1. The predicted molar refractivity (Wildman–Crippen MR) is 117 cm³/mol. The highest BCUT2D eigenvalue weighted by molar-refractivity contribution is 5.96. The van der Waals surface area contributed by atoms with E-state index in [1.807, 2.05) is 19.1 Å². The van der Waals surface area contributed by atoms with E-state index in [0.29, 0.717) is 11.1 Å². The number of aryl methyl sites for hydroxylation is 1. The van der Waals surface area contributed by atoms with Gasteiger partial charge in [0, 0.05) is 5.56 Å². The molecule has 0 spiro atoms. The minimum atomic E-state index is -0.801. The molecule has 7 nitrogen and oxygen atoms in total. The van der Waals surface area contributed by atoms with Gasteiger partial charge >= 0.3 is 5.97 Å². The van der Waals surface area contributed by atoms with Crippen LogP contribution in [0.1, 0.15) is 31.8 Å². The Hall–Kier alpha value is -4.33. The van der Waals surface area contributed by atoms with Gasteiger partial charge in [0.1, 0.15) is 11.6 Å². The molecule has 0 bridgehead atoms. The summed E-state index contributed by atoms with van der Waals surface area (Å²) in [6, 6.07) is 18.8. The summed E-state index contributed by atoms with van der Waals surface area (Å²) >= 11 is 0. The summed E-state index contributed by atoms with van der Waals surface area (Å²) in [4.78, 5) is 35.8. The molecule has 8 heteroatoms. The first-order valence-corrected chi connectivity index (χ1v) is 9.66. The number of benzene rings is 3. The molecule has 3 rings (SSSR count). The molecule has 0 aliphatic heterocycles. The number of esters is 1. The summed E-state index contributed by atoms with van der Waals surface area (Å²) in [6.07, 6.45) is 1.39. The largest absolute Gasteiger partial charge is 0.423 e. The lowest BCUT2D eigenvalue weighted by atomic mass is 10.1. The predicted octanol–water partition coefficient (Wildman–Crippen LogP) is 3.23. The van der Waals surface area contributed by atoms with Gasteiger partial charge in [0.25, 0.3) is 11.8 Å². The minimum Gasteiger partial charge on any atom is -0.423 e. The fourth-order valence-corrected chi connectivity index (χ4v) is 2.60. The van der Waals surface area contributed by atoms with Crippen molar-refractivity contribution < 1.29 is 23.5 Å². The quantitative estimate of drug-likeness (QED) is 0.259. The summed E-state index contributed by atoms with van der Waals surface area (Å²) in [5, 5.41) is 6.33. The Kier molecular flexibility index (Phi) is 7.42. The van der Waals surface area contributed by atoms with Gasteiger partial charge in [0.15, 0.2) is 0 Å². The average Bonchev–Trinajstić information content (AvgIpc) is 2.79. The third-order valence-electron chi connectivity index (χ3n) is 4.31. The lowest BCUT2D eigenvalue weighted by Gasteiger charge is -2.05. The van der Waals surface area contributed by atoms with Gasteiger partial charge in [-0.05, 0) is 61.0 Å². The Morgan fingerprint density at radius 2 is 1.66 bits per heavy atom. The molecule has 0 fully saturated rings. The lowest BCUT2D eigenvalue weighted by molar-refractivity contribution is -0.120. The molecule has 3 aromatic carbocycles. The summed E-state index contributed by atoms with van der Waals surface area (Å²) < 4.78 is 18.8. The zero-order chi connectivity index (χ0) is 22.9. The van der Waals surface area contributed by atoms with Crippen molar-refractivity contribution in [1.29, 1.82) is 0 Å². The molecule has 0 saturated carbocycles. The van der Waals surface area contributed by atoms with E-state index in [-0.39, 0.29) is 23.8 Å². The molecule has 0 aliphatic carbocycles. The van der Waals surface area contributed by atoms with Crippen LogP contribution in [0.4, 0.5) is 4.39 Å². The molecule has 0 unspecified atom stereocenters. The highest BCUT2D eigenvalue weighted by Gasteiger charge is 2.13. The van der Waals surface area contributed by atoms with Crippen LogP contribution in [0.15, 0.2) is 77.9 Å². The van der Waals surface area contributed by atoms with Gasteiger partial charge in [-0.3, -0.25) is 9.59 Å². The number of carbonyl (C=O) groups excluding carboxylic acids is 3. The first kappa shape index (κ1) is 22.4. The number of nitrogens with zero attached hydrogens (tertiary/aromatic N) is 1. The molecular weight excluding hydrogens is 413 g/mol. The van der Waals surface area contributed by atoms with Crippen molar-refractivity contribution in [3.8, 4) is 5.75 Å². The molecule has 32 heavy (non-hydrogen) atoms. The van der Waals surface area contributed by atoms with E-state index < -0.39 is 17.7 Å². The second-order valence-electron chi connectivity index (χ2n) is 6.78. The van der Waals surface area contributed by atoms with E-state index in [2.05, 4.69) is 15.8 Å². The Labute approximate surface area is 183 Å². The van der Waals surface area contributed by atoms with E-state index in [0.717, 1.165) is 5.56 Å². The van der Waals surface area contributed by atoms with Crippen molar-refractivity contribution in [2.24, 2.45) is 5.10 Å². The summed E-state index contributed by atoms with van der Waals surface area (Å²) in [6.45, 7) is 1.69. The number of hydrogen-bond acceptors (Lipinski definition) is 5. The highest BCUT2D eigenvalue weighted by atomic mass is 19.1. The van der Waals surface area contributed by atoms with Crippen LogP contribution < -0.4 is 15.5 Å². The van der Waals surface area contributed by atoms with Crippen LogP contribution in [-0.4, -0.2) is 30.5 Å². The van der Waals surface area contributed by atoms with E-state index in [1.54, 1.807) is 30.3 Å². The third-order valence-corrected chi connectivity index (χ3v) is 4.31. The van der Waals surface area contributed by atoms with Gasteiger partial charge in [-0.1, -0.05) is 29.8 Å². The van der Waals surface area contributed by atoms with Crippen molar-refractivity contribution in [1.82, 2.24) is 10.7 Å². The monoisotopic (exact) mass is 433 g/mol. The Morgan fingerprint density at radius 3 is 2.34 bits per heavy atom. The van der Waals surface area contributed by atoms with Crippen LogP contribution in [0.2, 0.25) is 0 Å². The maximum atomic E-state index is 13.6. The SMILES string of the molecule is Cc1ccc(C(=O)NCC(=O)N/N=C/c2ccc(OC(=O)c3ccccc3F)cc2)cc1. The maximum Gasteiger partial charge on any atom is 0.346 e. The highest BCUT2D eigenvalue weighted by Crippen LogP contribution is 2.15. The molecule has 0 atom stereocenters. The topological polar surface area (TPSA) is 96.9 Å². The van der Waals surface area contributed by atoms with E-state index in [1.165, 1.54) is 36.5 Å². The van der Waals surface area contributed by atoms with Crippen LogP contribution in [-0.2, 0) is 4.79 Å². The fourth-order valence-electron chi connectivity index (χ4n) is 2.60. The third kappa shape index (κ3) is 6.33. The molecule has 0 aliphatic rings. The van der Waals surface area contributed by atoms with Crippen molar-refractivity contribution in [2.45, 2.75) is 6.92 Å². The summed E-state index contributed by atoms with van der Waals surface area (Å²) in [5.74, 6) is -2.07. The molecule has 0 heterocycles. The van der Waals surface area contributed by atoms with Crippen LogP contribution in [0.3, 0.4) is 0 Å². The van der Waals surface area contributed by atoms with Gasteiger partial charge in [-0.25, -0.2) is 14.6 Å². The zero-order valence-corrected chi connectivity index (χ0v) is 17.2. The summed E-state index contributed by atoms with van der Waals surface area (Å²) in [7, 11) is 0. The van der Waals surface area contributed by atoms with Crippen LogP contribution in [0.25, 0.3) is 0 Å². The maximum absolute atomic E-state index is 13.6. The second-order valence-corrected chi connectivity index (χ2v) is 6.78. The Bertz CT molecular complexity index is 1140. The van der Waals surface area contributed by atoms with Gasteiger partial charge in [0.2, 0.25) is 0 Å². The van der Waals surface area contributed by atoms with Gasteiger partial charge in [-0.2, -0.15) is 5.10 Å². The van der Waals surface area contributed by atoms with Gasteiger partial charge < -0.3 is 10.1 Å². The second kappa shape index (κ2) is 10.6. The van der Waals surface area contributed by atoms with Crippen LogP contribution in [0, 0.1) is 12.7 Å². The Balaban J connectivity index is 1.45. The molecule has 3 aromatic rings. The molecular formula is C24H20FN3O4. The number of carbonyl (C=O) groups is 3. The molecule has 0 saturated heterocycles. The molecule has 0 radical (unpaired) electrons. The van der Waals surface area contributed by atoms with Crippen LogP contribution >= 0.6 is 0 Å².